The largest absolute Gasteiger partial charge is 0.325 e. The quantitative estimate of drug-likeness (QED) is 0.376. The lowest BCUT2D eigenvalue weighted by molar-refractivity contribution is -0.133. The maximum atomic E-state index is 13.2. The van der Waals surface area contributed by atoms with Gasteiger partial charge in [0.15, 0.2) is 0 Å². The number of rotatable bonds is 10. The zero-order valence-corrected chi connectivity index (χ0v) is 16.2. The lowest BCUT2D eigenvalue weighted by atomic mass is 9.92. The van der Waals surface area contributed by atoms with Crippen molar-refractivity contribution in [2.24, 2.45) is 0 Å². The molecule has 1 saturated heterocycles. The Bertz CT molecular complexity index is 782. The molecule has 3 amide bonds. The van der Waals surface area contributed by atoms with Crippen molar-refractivity contribution in [2.45, 2.75) is 44.9 Å². The van der Waals surface area contributed by atoms with Crippen molar-refractivity contribution in [1.29, 1.82) is 0 Å². The van der Waals surface area contributed by atoms with Crippen LogP contribution in [0.5, 0.6) is 0 Å². The first kappa shape index (κ1) is 20.0. The fourth-order valence-electron chi connectivity index (χ4n) is 3.32. The van der Waals surface area contributed by atoms with E-state index in [0.717, 1.165) is 24.0 Å². The summed E-state index contributed by atoms with van der Waals surface area (Å²) in [5.74, 6) is -0.203. The molecule has 148 valence electrons. The summed E-state index contributed by atoms with van der Waals surface area (Å²) < 4.78 is 0. The van der Waals surface area contributed by atoms with E-state index < -0.39 is 5.54 Å². The van der Waals surface area contributed by atoms with Crippen molar-refractivity contribution in [3.63, 3.8) is 0 Å². The van der Waals surface area contributed by atoms with Gasteiger partial charge in [-0.2, -0.15) is 5.48 Å². The molecule has 2 N–H and O–H groups in total. The number of carbonyl (C=O) groups is 2. The highest BCUT2D eigenvalue weighted by Crippen LogP contribution is 2.25. The third-order valence-corrected chi connectivity index (χ3v) is 4.94. The molecule has 1 atom stereocenters. The molecule has 2 aromatic rings. The molecule has 0 bridgehead atoms. The molecule has 1 heterocycles. The van der Waals surface area contributed by atoms with Gasteiger partial charge in [-0.1, -0.05) is 80.4 Å². The third-order valence-electron chi connectivity index (χ3n) is 4.94. The van der Waals surface area contributed by atoms with Gasteiger partial charge in [-0.15, -0.1) is 0 Å². The number of urea groups is 1. The first-order valence-electron chi connectivity index (χ1n) is 9.71. The number of unbranched alkanes of at least 4 members (excludes halogenated alkanes) is 1. The first-order chi connectivity index (χ1) is 13.6. The second-order valence-electron chi connectivity index (χ2n) is 7.09. The van der Waals surface area contributed by atoms with Gasteiger partial charge < -0.3 is 5.32 Å². The van der Waals surface area contributed by atoms with Crippen LogP contribution in [0.1, 0.15) is 37.3 Å². The summed E-state index contributed by atoms with van der Waals surface area (Å²) in [7, 11) is 0. The summed E-state index contributed by atoms with van der Waals surface area (Å²) >= 11 is 0. The molecule has 6 nitrogen and oxygen atoms in total. The van der Waals surface area contributed by atoms with Crippen LogP contribution in [0.15, 0.2) is 60.7 Å². The number of nitrogens with one attached hydrogen (secondary N) is 2. The number of hydrogen-bond donors (Lipinski definition) is 2. The van der Waals surface area contributed by atoms with Crippen LogP contribution in [0.25, 0.3) is 0 Å². The Hall–Kier alpha value is -2.70. The summed E-state index contributed by atoms with van der Waals surface area (Å²) in [4.78, 5) is 32.6. The lowest BCUT2D eigenvalue weighted by Gasteiger charge is -2.27. The molecule has 0 spiro atoms. The number of benzene rings is 2. The second kappa shape index (κ2) is 9.48. The van der Waals surface area contributed by atoms with E-state index in [9.17, 15) is 9.59 Å². The lowest BCUT2D eigenvalue weighted by Crippen LogP contribution is -2.54. The van der Waals surface area contributed by atoms with Gasteiger partial charge in [0, 0.05) is 0 Å². The molecule has 1 fully saturated rings. The van der Waals surface area contributed by atoms with Crippen molar-refractivity contribution in [1.82, 2.24) is 15.7 Å². The van der Waals surface area contributed by atoms with Crippen molar-refractivity contribution in [3.05, 3.63) is 71.8 Å². The zero-order chi connectivity index (χ0) is 19.8. The van der Waals surface area contributed by atoms with E-state index in [1.807, 2.05) is 60.7 Å². The van der Waals surface area contributed by atoms with Crippen LogP contribution in [0.2, 0.25) is 0 Å². The topological polar surface area (TPSA) is 70.7 Å². The van der Waals surface area contributed by atoms with Crippen LogP contribution in [0.4, 0.5) is 4.79 Å². The van der Waals surface area contributed by atoms with Gasteiger partial charge in [-0.25, -0.2) is 4.79 Å². The Morgan fingerprint density at radius 1 is 1.00 bits per heavy atom. The van der Waals surface area contributed by atoms with Crippen LogP contribution in [0, 0.1) is 0 Å². The Morgan fingerprint density at radius 3 is 2.29 bits per heavy atom. The standard InChI is InChI=1S/C22H27N3O3/c1-2-3-14-22(17-23-28-16-19-12-8-5-9-13-19)20(26)25(21(27)24-22)15-18-10-6-4-7-11-18/h4-13,23H,2-3,14-17H2,1H3,(H,24,27). The van der Waals surface area contributed by atoms with E-state index in [2.05, 4.69) is 17.7 Å². The van der Waals surface area contributed by atoms with Gasteiger partial charge in [-0.05, 0) is 17.5 Å². The molecule has 6 heteroatoms. The van der Waals surface area contributed by atoms with Gasteiger partial charge >= 0.3 is 6.03 Å². The van der Waals surface area contributed by atoms with Crippen LogP contribution < -0.4 is 10.8 Å². The maximum Gasteiger partial charge on any atom is 0.325 e. The molecule has 3 rings (SSSR count). The van der Waals surface area contributed by atoms with Crippen molar-refractivity contribution in [2.75, 3.05) is 6.54 Å². The number of imide groups is 1. The molecule has 0 aromatic heterocycles. The summed E-state index contributed by atoms with van der Waals surface area (Å²) in [6, 6.07) is 19.0. The van der Waals surface area contributed by atoms with Gasteiger partial charge in [0.1, 0.15) is 5.54 Å². The van der Waals surface area contributed by atoms with E-state index in [1.165, 1.54) is 4.90 Å². The normalized spacial score (nSPS) is 19.1. The molecule has 1 unspecified atom stereocenters. The average Bonchev–Trinajstić information content (AvgIpc) is 2.96. The summed E-state index contributed by atoms with van der Waals surface area (Å²) in [5, 5.41) is 2.92. The maximum absolute atomic E-state index is 13.2. The molecule has 28 heavy (non-hydrogen) atoms. The second-order valence-corrected chi connectivity index (χ2v) is 7.09. The minimum atomic E-state index is -0.974. The predicted molar refractivity (Wildman–Crippen MR) is 107 cm³/mol. The minimum absolute atomic E-state index is 0.203. The summed E-state index contributed by atoms with van der Waals surface area (Å²) in [5.41, 5.74) is 3.88. The number of nitrogens with zero attached hydrogens (tertiary/aromatic N) is 1. The third kappa shape index (κ3) is 4.77. The van der Waals surface area contributed by atoms with E-state index in [-0.39, 0.29) is 25.0 Å². The van der Waals surface area contributed by atoms with Crippen LogP contribution in [-0.4, -0.2) is 28.9 Å². The van der Waals surface area contributed by atoms with Gasteiger partial charge in [0.05, 0.1) is 19.7 Å². The number of amides is 3. The van der Waals surface area contributed by atoms with Crippen molar-refractivity contribution in [3.8, 4) is 0 Å². The minimum Gasteiger partial charge on any atom is -0.322 e. The van der Waals surface area contributed by atoms with Crippen LogP contribution in [-0.2, 0) is 22.8 Å². The van der Waals surface area contributed by atoms with Crippen molar-refractivity contribution < 1.29 is 14.4 Å². The van der Waals surface area contributed by atoms with Gasteiger partial charge in [0.25, 0.3) is 5.91 Å². The molecule has 0 radical (unpaired) electrons. The van der Waals surface area contributed by atoms with E-state index in [1.54, 1.807) is 0 Å². The molecule has 0 aliphatic carbocycles. The highest BCUT2D eigenvalue weighted by atomic mass is 16.6. The average molecular weight is 381 g/mol. The molecule has 0 saturated carbocycles. The monoisotopic (exact) mass is 381 g/mol. The Balaban J connectivity index is 1.64. The number of hydroxylamine groups is 1. The van der Waals surface area contributed by atoms with E-state index >= 15 is 0 Å². The molecule has 2 aromatic carbocycles. The van der Waals surface area contributed by atoms with E-state index in [4.69, 9.17) is 4.84 Å². The SMILES string of the molecule is CCCCC1(CNOCc2ccccc2)NC(=O)N(Cc2ccccc2)C1=O. The number of hydrogen-bond acceptors (Lipinski definition) is 4. The van der Waals surface area contributed by atoms with Gasteiger partial charge in [-0.3, -0.25) is 14.5 Å². The van der Waals surface area contributed by atoms with Gasteiger partial charge in [0.2, 0.25) is 0 Å². The Kier molecular flexibility index (Phi) is 6.79. The summed E-state index contributed by atoms with van der Waals surface area (Å²) in [6.45, 7) is 2.95. The summed E-state index contributed by atoms with van der Waals surface area (Å²) in [6.07, 6.45) is 2.35. The van der Waals surface area contributed by atoms with Crippen LogP contribution in [0.3, 0.4) is 0 Å². The van der Waals surface area contributed by atoms with E-state index in [0.29, 0.717) is 13.0 Å². The molecule has 1 aliphatic heterocycles. The number of carbonyl (C=O) groups excluding carboxylic acids is 2. The highest BCUT2D eigenvalue weighted by Gasteiger charge is 2.50. The smallest absolute Gasteiger partial charge is 0.322 e. The Morgan fingerprint density at radius 2 is 1.64 bits per heavy atom. The molecular weight excluding hydrogens is 354 g/mol. The van der Waals surface area contributed by atoms with Crippen molar-refractivity contribution >= 4 is 11.9 Å². The van der Waals surface area contributed by atoms with Crippen LogP contribution >= 0.6 is 0 Å². The molecule has 1 aliphatic rings. The first-order valence-corrected chi connectivity index (χ1v) is 9.71. The Labute approximate surface area is 165 Å². The fraction of sp³-hybridized carbons (Fsp3) is 0.364. The fourth-order valence-corrected chi connectivity index (χ4v) is 3.32. The zero-order valence-electron chi connectivity index (χ0n) is 16.2. The predicted octanol–water partition coefficient (Wildman–Crippen LogP) is 3.39. The molecular formula is C22H27N3O3. The highest BCUT2D eigenvalue weighted by molar-refractivity contribution is 6.07.